The van der Waals surface area contributed by atoms with Gasteiger partial charge in [-0.3, -0.25) is 4.79 Å². The number of carbonyl (C=O) groups excluding carboxylic acids is 1. The number of hydrogen-bond acceptors (Lipinski definition) is 5. The molecular weight excluding hydrogens is 296 g/mol. The predicted octanol–water partition coefficient (Wildman–Crippen LogP) is 2.56. The molecule has 0 fully saturated rings. The molecular formula is C17H18N2O4. The molecule has 120 valence electrons. The van der Waals surface area contributed by atoms with E-state index in [2.05, 4.69) is 10.5 Å². The lowest BCUT2D eigenvalue weighted by Gasteiger charge is -2.06. The smallest absolute Gasteiger partial charge is 0.275 e. The van der Waals surface area contributed by atoms with Gasteiger partial charge in [0.25, 0.3) is 5.91 Å². The lowest BCUT2D eigenvalue weighted by molar-refractivity contribution is 0.0952. The SMILES string of the molecule is CCOc1ccc(C=NNC(=O)c2ccccc2OC)cc1O. The number of nitrogens with one attached hydrogen (secondary N) is 1. The van der Waals surface area contributed by atoms with Crippen LogP contribution in [0.1, 0.15) is 22.8 Å². The Morgan fingerprint density at radius 1 is 1.26 bits per heavy atom. The van der Waals surface area contributed by atoms with Gasteiger partial charge in [0, 0.05) is 0 Å². The number of nitrogens with zero attached hydrogens (tertiary/aromatic N) is 1. The second-order valence-corrected chi connectivity index (χ2v) is 4.56. The summed E-state index contributed by atoms with van der Waals surface area (Å²) in [6.45, 7) is 2.30. The van der Waals surface area contributed by atoms with Crippen molar-refractivity contribution in [1.82, 2.24) is 5.43 Å². The molecule has 2 rings (SSSR count). The highest BCUT2D eigenvalue weighted by molar-refractivity contribution is 5.97. The monoisotopic (exact) mass is 314 g/mol. The number of carbonyl (C=O) groups is 1. The van der Waals surface area contributed by atoms with E-state index >= 15 is 0 Å². The van der Waals surface area contributed by atoms with E-state index in [1.54, 1.807) is 36.4 Å². The first-order chi connectivity index (χ1) is 11.2. The number of amides is 1. The Morgan fingerprint density at radius 3 is 2.74 bits per heavy atom. The predicted molar refractivity (Wildman–Crippen MR) is 87.3 cm³/mol. The van der Waals surface area contributed by atoms with E-state index in [4.69, 9.17) is 9.47 Å². The van der Waals surface area contributed by atoms with E-state index < -0.39 is 0 Å². The summed E-state index contributed by atoms with van der Waals surface area (Å²) in [6, 6.07) is 11.7. The summed E-state index contributed by atoms with van der Waals surface area (Å²) in [5.74, 6) is 0.516. The minimum absolute atomic E-state index is 0.0202. The number of rotatable bonds is 6. The molecule has 0 aromatic heterocycles. The molecule has 0 saturated heterocycles. The first-order valence-corrected chi connectivity index (χ1v) is 7.08. The molecule has 0 heterocycles. The molecule has 0 aliphatic heterocycles. The van der Waals surface area contributed by atoms with Crippen LogP contribution < -0.4 is 14.9 Å². The van der Waals surface area contributed by atoms with Gasteiger partial charge in [0.2, 0.25) is 0 Å². The zero-order valence-corrected chi connectivity index (χ0v) is 12.9. The van der Waals surface area contributed by atoms with Crippen molar-refractivity contribution in [2.45, 2.75) is 6.92 Å². The zero-order chi connectivity index (χ0) is 16.7. The van der Waals surface area contributed by atoms with Gasteiger partial charge < -0.3 is 14.6 Å². The van der Waals surface area contributed by atoms with Crippen LogP contribution in [0.5, 0.6) is 17.2 Å². The number of aromatic hydroxyl groups is 1. The van der Waals surface area contributed by atoms with Crippen LogP contribution in [0.4, 0.5) is 0 Å². The van der Waals surface area contributed by atoms with E-state index in [1.165, 1.54) is 19.4 Å². The Labute approximate surface area is 134 Å². The second kappa shape index (κ2) is 7.84. The number of hydrogen-bond donors (Lipinski definition) is 2. The van der Waals surface area contributed by atoms with E-state index in [1.807, 2.05) is 6.92 Å². The Kier molecular flexibility index (Phi) is 5.57. The van der Waals surface area contributed by atoms with E-state index in [0.29, 0.717) is 29.2 Å². The van der Waals surface area contributed by atoms with Crippen LogP contribution in [-0.4, -0.2) is 30.9 Å². The molecule has 2 N–H and O–H groups in total. The molecule has 0 bridgehead atoms. The fraction of sp³-hybridized carbons (Fsp3) is 0.176. The first kappa shape index (κ1) is 16.4. The molecule has 0 spiro atoms. The van der Waals surface area contributed by atoms with Crippen LogP contribution in [0.3, 0.4) is 0 Å². The largest absolute Gasteiger partial charge is 0.504 e. The molecule has 6 nitrogen and oxygen atoms in total. The van der Waals surface area contributed by atoms with Gasteiger partial charge in [0.15, 0.2) is 11.5 Å². The third kappa shape index (κ3) is 4.23. The molecule has 0 aliphatic rings. The summed E-state index contributed by atoms with van der Waals surface area (Å²) in [5, 5.41) is 13.7. The number of phenolic OH excluding ortho intramolecular Hbond substituents is 1. The zero-order valence-electron chi connectivity index (χ0n) is 12.9. The van der Waals surface area contributed by atoms with Crippen molar-refractivity contribution < 1.29 is 19.4 Å². The van der Waals surface area contributed by atoms with Crippen molar-refractivity contribution in [2.24, 2.45) is 5.10 Å². The summed E-state index contributed by atoms with van der Waals surface area (Å²) in [4.78, 5) is 12.0. The van der Waals surface area contributed by atoms with Crippen molar-refractivity contribution in [3.8, 4) is 17.2 Å². The normalized spacial score (nSPS) is 10.5. The van der Waals surface area contributed by atoms with Crippen LogP contribution in [0.25, 0.3) is 0 Å². The van der Waals surface area contributed by atoms with Gasteiger partial charge >= 0.3 is 0 Å². The standard InChI is InChI=1S/C17H18N2O4/c1-3-23-16-9-8-12(10-14(16)20)11-18-19-17(21)13-6-4-5-7-15(13)22-2/h4-11,20H,3H2,1-2H3,(H,19,21). The second-order valence-electron chi connectivity index (χ2n) is 4.56. The van der Waals surface area contributed by atoms with Gasteiger partial charge in [-0.05, 0) is 42.8 Å². The highest BCUT2D eigenvalue weighted by Gasteiger charge is 2.10. The number of ether oxygens (including phenoxy) is 2. The Bertz CT molecular complexity index is 713. The van der Waals surface area contributed by atoms with Gasteiger partial charge in [-0.25, -0.2) is 5.43 Å². The van der Waals surface area contributed by atoms with Crippen LogP contribution in [0.15, 0.2) is 47.6 Å². The fourth-order valence-electron chi connectivity index (χ4n) is 1.95. The molecule has 2 aromatic carbocycles. The van der Waals surface area contributed by atoms with Crippen molar-refractivity contribution in [3.05, 3.63) is 53.6 Å². The van der Waals surface area contributed by atoms with Crippen LogP contribution in [-0.2, 0) is 0 Å². The molecule has 0 atom stereocenters. The minimum atomic E-state index is -0.381. The molecule has 0 unspecified atom stereocenters. The molecule has 0 aliphatic carbocycles. The molecule has 0 saturated carbocycles. The molecule has 2 aromatic rings. The number of para-hydroxylation sites is 1. The van der Waals surface area contributed by atoms with Gasteiger partial charge in [-0.15, -0.1) is 0 Å². The van der Waals surface area contributed by atoms with Gasteiger partial charge in [-0.2, -0.15) is 5.10 Å². The first-order valence-electron chi connectivity index (χ1n) is 7.08. The van der Waals surface area contributed by atoms with E-state index in [0.717, 1.165) is 0 Å². The molecule has 1 amide bonds. The summed E-state index contributed by atoms with van der Waals surface area (Å²) in [6.07, 6.45) is 1.43. The Balaban J connectivity index is 2.04. The van der Waals surface area contributed by atoms with Crippen molar-refractivity contribution in [1.29, 1.82) is 0 Å². The topological polar surface area (TPSA) is 80.2 Å². The quantitative estimate of drug-likeness (QED) is 0.634. The summed E-state index contributed by atoms with van der Waals surface area (Å²) in [7, 11) is 1.50. The van der Waals surface area contributed by atoms with Crippen molar-refractivity contribution in [2.75, 3.05) is 13.7 Å². The molecule has 6 heteroatoms. The summed E-state index contributed by atoms with van der Waals surface area (Å²) in [5.41, 5.74) is 3.44. The van der Waals surface area contributed by atoms with E-state index in [-0.39, 0.29) is 11.7 Å². The maximum Gasteiger partial charge on any atom is 0.275 e. The average molecular weight is 314 g/mol. The van der Waals surface area contributed by atoms with Gasteiger partial charge in [-0.1, -0.05) is 12.1 Å². The van der Waals surface area contributed by atoms with E-state index in [9.17, 15) is 9.90 Å². The molecule has 23 heavy (non-hydrogen) atoms. The minimum Gasteiger partial charge on any atom is -0.504 e. The van der Waals surface area contributed by atoms with Crippen molar-refractivity contribution in [3.63, 3.8) is 0 Å². The average Bonchev–Trinajstić information content (AvgIpc) is 2.57. The fourth-order valence-corrected chi connectivity index (χ4v) is 1.95. The van der Waals surface area contributed by atoms with Gasteiger partial charge in [0.05, 0.1) is 25.5 Å². The summed E-state index contributed by atoms with van der Waals surface area (Å²) < 4.78 is 10.4. The maximum atomic E-state index is 12.0. The highest BCUT2D eigenvalue weighted by Crippen LogP contribution is 2.26. The maximum absolute atomic E-state index is 12.0. The number of phenols is 1. The van der Waals surface area contributed by atoms with Crippen LogP contribution >= 0.6 is 0 Å². The lowest BCUT2D eigenvalue weighted by Crippen LogP contribution is -2.18. The molecule has 0 radical (unpaired) electrons. The number of hydrazone groups is 1. The van der Waals surface area contributed by atoms with Crippen LogP contribution in [0, 0.1) is 0 Å². The van der Waals surface area contributed by atoms with Crippen molar-refractivity contribution >= 4 is 12.1 Å². The Morgan fingerprint density at radius 2 is 2.04 bits per heavy atom. The lowest BCUT2D eigenvalue weighted by atomic mass is 10.2. The van der Waals surface area contributed by atoms with Crippen LogP contribution in [0.2, 0.25) is 0 Å². The number of benzene rings is 2. The van der Waals surface area contributed by atoms with Gasteiger partial charge in [0.1, 0.15) is 5.75 Å². The third-order valence-electron chi connectivity index (χ3n) is 3.01. The highest BCUT2D eigenvalue weighted by atomic mass is 16.5. The Hall–Kier alpha value is -3.02. The third-order valence-corrected chi connectivity index (χ3v) is 3.01. The summed E-state index contributed by atoms with van der Waals surface area (Å²) >= 11 is 0. The number of methoxy groups -OCH3 is 1.